The lowest BCUT2D eigenvalue weighted by atomic mass is 10.3. The van der Waals surface area contributed by atoms with Crippen molar-refractivity contribution in [3.8, 4) is 0 Å². The number of carbonyl (C=O) groups excluding carboxylic acids is 2. The average molecular weight is 145 g/mol. The number of hydrogen-bond donors (Lipinski definition) is 0. The smallest absolute Gasteiger partial charge is 0.126 e. The van der Waals surface area contributed by atoms with Gasteiger partial charge in [-0.25, -0.2) is 0 Å². The summed E-state index contributed by atoms with van der Waals surface area (Å²) in [5.41, 5.74) is 0. The first-order chi connectivity index (χ1) is 4.37. The number of carbonyl (C=O) groups is 2. The molecule has 10 heavy (non-hydrogen) atoms. The third-order valence-electron chi connectivity index (χ3n) is 0.572. The molecule has 0 saturated carbocycles. The van der Waals surface area contributed by atoms with Crippen molar-refractivity contribution in [2.24, 2.45) is 0 Å². The Bertz CT molecular complexity index is 112. The van der Waals surface area contributed by atoms with Crippen LogP contribution >= 0.6 is 0 Å². The molecule has 0 aromatic carbocycles. The summed E-state index contributed by atoms with van der Waals surface area (Å²) < 4.78 is 0. The zero-order valence-corrected chi connectivity index (χ0v) is 6.80. The van der Waals surface area contributed by atoms with E-state index >= 15 is 0 Å². The monoisotopic (exact) mass is 145 g/mol. The second-order valence-corrected chi connectivity index (χ2v) is 2.16. The number of hydrogen-bond acceptors (Lipinski definition) is 3. The van der Waals surface area contributed by atoms with Crippen molar-refractivity contribution in [1.29, 1.82) is 0 Å². The van der Waals surface area contributed by atoms with E-state index in [1.807, 2.05) is 0 Å². The van der Waals surface area contributed by atoms with E-state index in [1.54, 1.807) is 0 Å². The summed E-state index contributed by atoms with van der Waals surface area (Å²) in [5.74, 6) is -0.130. The minimum Gasteiger partial charge on any atom is -0.847 e. The van der Waals surface area contributed by atoms with Crippen molar-refractivity contribution in [2.75, 3.05) is 0 Å². The second kappa shape index (κ2) is 6.42. The lowest BCUT2D eigenvalue weighted by Crippen LogP contribution is -2.28. The maximum absolute atomic E-state index is 9.88. The van der Waals surface area contributed by atoms with Gasteiger partial charge in [-0.05, 0) is 20.8 Å². The van der Waals surface area contributed by atoms with Gasteiger partial charge in [0.1, 0.15) is 11.6 Å². The predicted octanol–water partition coefficient (Wildman–Crippen LogP) is -0.0805. The summed E-state index contributed by atoms with van der Waals surface area (Å²) in [7, 11) is 0. The number of rotatable bonds is 1. The van der Waals surface area contributed by atoms with Gasteiger partial charge in [-0.3, -0.25) is 0 Å². The normalized spacial score (nSPS) is 10.9. The molecular weight excluding hydrogens is 132 g/mol. The number of Topliss-reactive ketones (excluding diaryl/α,β-unsaturated/α-hetero) is 2. The van der Waals surface area contributed by atoms with Gasteiger partial charge in [0, 0.05) is 0 Å². The van der Waals surface area contributed by atoms with Crippen LogP contribution in [0.3, 0.4) is 0 Å². The minimum absolute atomic E-state index is 0.167. The first kappa shape index (κ1) is 12.0. The Hall–Kier alpha value is -0.700. The van der Waals surface area contributed by atoms with E-state index in [-0.39, 0.29) is 11.6 Å². The molecule has 0 heterocycles. The molecule has 0 fully saturated rings. The summed E-state index contributed by atoms with van der Waals surface area (Å²) in [6.45, 7) is 5.68. The Morgan fingerprint density at radius 1 is 1.20 bits per heavy atom. The summed E-state index contributed by atoms with van der Waals surface area (Å²) in [6.07, 6.45) is -1.04. The predicted molar refractivity (Wildman–Crippen MR) is 36.5 cm³/mol. The summed E-state index contributed by atoms with van der Waals surface area (Å²) >= 11 is 0. The molecule has 0 amide bonds. The molecule has 3 heteroatoms. The highest BCUT2D eigenvalue weighted by Gasteiger charge is 1.86. The Morgan fingerprint density at radius 3 is 1.30 bits per heavy atom. The van der Waals surface area contributed by atoms with E-state index in [4.69, 9.17) is 0 Å². The Labute approximate surface area is 61.1 Å². The molecule has 0 bridgehead atoms. The third kappa shape index (κ3) is 26.6. The molecule has 0 N–H and O–H groups in total. The van der Waals surface area contributed by atoms with Crippen LogP contribution < -0.4 is 5.11 Å². The maximum atomic E-state index is 9.88. The number of ketones is 2. The average Bonchev–Trinajstić information content (AvgIpc) is 1.63. The highest BCUT2D eigenvalue weighted by molar-refractivity contribution is 5.79. The highest BCUT2D eigenvalue weighted by atomic mass is 16.3. The molecule has 0 radical (unpaired) electrons. The Morgan fingerprint density at radius 2 is 1.30 bits per heavy atom. The standard InChI is InChI=1S/C4H7O2.C3H6O/c1-3(5)4(2)6;1-3(2)4/h3H,1-2H3;1-2H3/q-1;. The van der Waals surface area contributed by atoms with E-state index in [1.165, 1.54) is 27.7 Å². The molecule has 60 valence electrons. The van der Waals surface area contributed by atoms with Crippen LogP contribution in [0.15, 0.2) is 0 Å². The minimum atomic E-state index is -1.04. The van der Waals surface area contributed by atoms with Crippen LogP contribution in [0.2, 0.25) is 0 Å². The second-order valence-electron chi connectivity index (χ2n) is 2.16. The molecule has 1 atom stereocenters. The van der Waals surface area contributed by atoms with E-state index in [0.29, 0.717) is 0 Å². The van der Waals surface area contributed by atoms with E-state index in [2.05, 4.69) is 0 Å². The molecule has 0 spiro atoms. The van der Waals surface area contributed by atoms with Crippen LogP contribution in [0.5, 0.6) is 0 Å². The van der Waals surface area contributed by atoms with Crippen molar-refractivity contribution in [3.63, 3.8) is 0 Å². The summed E-state index contributed by atoms with van der Waals surface area (Å²) in [5, 5.41) is 9.88. The van der Waals surface area contributed by atoms with Crippen LogP contribution in [0.25, 0.3) is 0 Å². The molecule has 0 aromatic heterocycles. The largest absolute Gasteiger partial charge is 0.847 e. The van der Waals surface area contributed by atoms with Gasteiger partial charge in [0.05, 0.1) is 0 Å². The molecule has 0 aliphatic carbocycles. The van der Waals surface area contributed by atoms with Crippen molar-refractivity contribution >= 4 is 11.6 Å². The summed E-state index contributed by atoms with van der Waals surface area (Å²) in [4.78, 5) is 19.3. The van der Waals surface area contributed by atoms with Gasteiger partial charge in [0.2, 0.25) is 0 Å². The van der Waals surface area contributed by atoms with Gasteiger partial charge < -0.3 is 14.7 Å². The van der Waals surface area contributed by atoms with Crippen LogP contribution in [-0.2, 0) is 9.59 Å². The van der Waals surface area contributed by atoms with Crippen molar-refractivity contribution in [2.45, 2.75) is 33.8 Å². The van der Waals surface area contributed by atoms with Crippen LogP contribution in [0.1, 0.15) is 27.7 Å². The van der Waals surface area contributed by atoms with Gasteiger partial charge in [0.15, 0.2) is 0 Å². The topological polar surface area (TPSA) is 57.2 Å². The Kier molecular flexibility index (Phi) is 7.72. The molecule has 3 nitrogen and oxygen atoms in total. The SMILES string of the molecule is CC(=O)C(C)[O-].CC(C)=O. The van der Waals surface area contributed by atoms with Crippen LogP contribution in [0, 0.1) is 0 Å². The van der Waals surface area contributed by atoms with Crippen molar-refractivity contribution in [1.82, 2.24) is 0 Å². The molecule has 0 saturated heterocycles. The molecule has 1 unspecified atom stereocenters. The van der Waals surface area contributed by atoms with Gasteiger partial charge in [0.25, 0.3) is 0 Å². The van der Waals surface area contributed by atoms with E-state index in [9.17, 15) is 14.7 Å². The zero-order chi connectivity index (χ0) is 8.73. The highest BCUT2D eigenvalue weighted by Crippen LogP contribution is 1.71. The molecule has 0 aliphatic heterocycles. The van der Waals surface area contributed by atoms with Crippen LogP contribution in [0.4, 0.5) is 0 Å². The lowest BCUT2D eigenvalue weighted by Gasteiger charge is -2.08. The van der Waals surface area contributed by atoms with Gasteiger partial charge >= 0.3 is 0 Å². The van der Waals surface area contributed by atoms with Crippen molar-refractivity contribution < 1.29 is 14.7 Å². The van der Waals surface area contributed by atoms with Gasteiger partial charge in [-0.2, -0.15) is 0 Å². The van der Waals surface area contributed by atoms with Gasteiger partial charge in [-0.15, -0.1) is 0 Å². The van der Waals surface area contributed by atoms with Gasteiger partial charge in [-0.1, -0.05) is 13.0 Å². The zero-order valence-electron chi connectivity index (χ0n) is 6.80. The quantitative estimate of drug-likeness (QED) is 0.518. The maximum Gasteiger partial charge on any atom is 0.126 e. The van der Waals surface area contributed by atoms with E-state index in [0.717, 1.165) is 0 Å². The first-order valence-electron chi connectivity index (χ1n) is 3.01. The fourth-order valence-electron chi connectivity index (χ4n) is 0. The van der Waals surface area contributed by atoms with Crippen LogP contribution in [-0.4, -0.2) is 17.7 Å². The van der Waals surface area contributed by atoms with Crippen molar-refractivity contribution in [3.05, 3.63) is 0 Å². The fourth-order valence-corrected chi connectivity index (χ4v) is 0. The Balaban J connectivity index is 0. The first-order valence-corrected chi connectivity index (χ1v) is 3.01. The molecular formula is C7H13O3-. The molecule has 0 aromatic rings. The third-order valence-corrected chi connectivity index (χ3v) is 0.572. The van der Waals surface area contributed by atoms with E-state index < -0.39 is 6.10 Å². The molecule has 0 aliphatic rings. The fraction of sp³-hybridized carbons (Fsp3) is 0.714. The lowest BCUT2D eigenvalue weighted by molar-refractivity contribution is -0.397. The summed E-state index contributed by atoms with van der Waals surface area (Å²) in [6, 6.07) is 0. The molecule has 0 rings (SSSR count).